The second-order valence-electron chi connectivity index (χ2n) is 9.64. The van der Waals surface area contributed by atoms with Gasteiger partial charge in [-0.3, -0.25) is 0 Å². The predicted octanol–water partition coefficient (Wildman–Crippen LogP) is 7.14. The van der Waals surface area contributed by atoms with E-state index in [-0.39, 0.29) is 12.0 Å². The van der Waals surface area contributed by atoms with Gasteiger partial charge in [0.1, 0.15) is 6.54 Å². The molecule has 0 unspecified atom stereocenters. The fraction of sp³-hybridized carbons (Fsp3) is 0.571. The molecule has 2 atom stereocenters. The van der Waals surface area contributed by atoms with Crippen LogP contribution in [0.1, 0.15) is 81.9 Å². The van der Waals surface area contributed by atoms with Gasteiger partial charge in [-0.25, -0.2) is 0 Å². The normalized spacial score (nSPS) is 13.9. The zero-order chi connectivity index (χ0) is 21.7. The Morgan fingerprint density at radius 3 is 1.87 bits per heavy atom. The quantitative estimate of drug-likeness (QED) is 0.244. The third-order valence-electron chi connectivity index (χ3n) is 6.20. The summed E-state index contributed by atoms with van der Waals surface area (Å²) in [5, 5.41) is 11.2. The van der Waals surface area contributed by atoms with Gasteiger partial charge in [-0.05, 0) is 12.0 Å². The van der Waals surface area contributed by atoms with Gasteiger partial charge in [-0.2, -0.15) is 0 Å². The highest BCUT2D eigenvalue weighted by atomic mass is 16.3. The van der Waals surface area contributed by atoms with Gasteiger partial charge in [-0.1, -0.05) is 119 Å². The molecule has 0 aliphatic carbocycles. The van der Waals surface area contributed by atoms with Crippen LogP contribution in [0.4, 0.5) is 0 Å². The average molecular weight is 411 g/mol. The van der Waals surface area contributed by atoms with Gasteiger partial charge < -0.3 is 9.59 Å². The van der Waals surface area contributed by atoms with E-state index in [0.717, 1.165) is 29.6 Å². The zero-order valence-electron chi connectivity index (χ0n) is 19.6. The molecular weight excluding hydrogens is 366 g/mol. The van der Waals surface area contributed by atoms with E-state index < -0.39 is 0 Å². The van der Waals surface area contributed by atoms with Crippen LogP contribution in [0.5, 0.6) is 0 Å². The first-order valence-corrected chi connectivity index (χ1v) is 12.1. The van der Waals surface area contributed by atoms with E-state index in [1.54, 1.807) is 0 Å². The Bertz CT molecular complexity index is 668. The minimum atomic E-state index is -0.385. The molecular formula is C28H44NO+. The molecule has 0 amide bonds. The maximum atomic E-state index is 11.2. The molecule has 0 aliphatic rings. The maximum absolute atomic E-state index is 11.2. The standard InChI is InChI=1S/C28H44NO/c1-4-5-6-7-8-9-10-15-22-27(28(30)26-20-16-12-17-21-26)24-29(2,3)23-25-18-13-11-14-19-25/h11-14,16-21,27-28,30H,4-10,15,22-24H2,1-3H3/q+1/t27-,28-/m1/s1. The van der Waals surface area contributed by atoms with E-state index in [1.807, 2.05) is 18.2 Å². The van der Waals surface area contributed by atoms with E-state index in [4.69, 9.17) is 0 Å². The molecule has 0 spiro atoms. The van der Waals surface area contributed by atoms with Crippen molar-refractivity contribution in [3.8, 4) is 0 Å². The van der Waals surface area contributed by atoms with E-state index in [1.165, 1.54) is 56.9 Å². The summed E-state index contributed by atoms with van der Waals surface area (Å²) >= 11 is 0. The topological polar surface area (TPSA) is 20.2 Å². The highest BCUT2D eigenvalue weighted by Gasteiger charge is 2.28. The first-order chi connectivity index (χ1) is 14.5. The number of aliphatic hydroxyl groups is 1. The van der Waals surface area contributed by atoms with Crippen LogP contribution in [-0.2, 0) is 6.54 Å². The smallest absolute Gasteiger partial charge is 0.104 e. The van der Waals surface area contributed by atoms with Gasteiger partial charge in [-0.15, -0.1) is 0 Å². The van der Waals surface area contributed by atoms with Crippen molar-refractivity contribution in [2.75, 3.05) is 20.6 Å². The summed E-state index contributed by atoms with van der Waals surface area (Å²) in [6.45, 7) is 4.26. The molecule has 2 aromatic carbocycles. The minimum absolute atomic E-state index is 0.284. The Kier molecular flexibility index (Phi) is 11.2. The molecule has 0 heterocycles. The molecule has 0 saturated carbocycles. The summed E-state index contributed by atoms with van der Waals surface area (Å²) < 4.78 is 0.898. The van der Waals surface area contributed by atoms with Crippen molar-refractivity contribution in [1.29, 1.82) is 0 Å². The first kappa shape index (κ1) is 24.6. The first-order valence-electron chi connectivity index (χ1n) is 12.1. The van der Waals surface area contributed by atoms with E-state index in [0.29, 0.717) is 0 Å². The largest absolute Gasteiger partial charge is 0.388 e. The van der Waals surface area contributed by atoms with Crippen molar-refractivity contribution in [1.82, 2.24) is 0 Å². The molecule has 0 fully saturated rings. The molecule has 30 heavy (non-hydrogen) atoms. The number of nitrogens with zero attached hydrogens (tertiary/aromatic N) is 1. The van der Waals surface area contributed by atoms with Crippen molar-refractivity contribution in [2.24, 2.45) is 5.92 Å². The van der Waals surface area contributed by atoms with Gasteiger partial charge in [0.05, 0.1) is 26.7 Å². The number of unbranched alkanes of at least 4 members (excludes halogenated alkanes) is 7. The number of benzene rings is 2. The van der Waals surface area contributed by atoms with E-state index in [2.05, 4.69) is 63.5 Å². The van der Waals surface area contributed by atoms with E-state index in [9.17, 15) is 5.11 Å². The molecule has 1 N–H and O–H groups in total. The molecule has 2 heteroatoms. The summed E-state index contributed by atoms with van der Waals surface area (Å²) in [5.74, 6) is 0.284. The Morgan fingerprint density at radius 2 is 1.27 bits per heavy atom. The van der Waals surface area contributed by atoms with Crippen molar-refractivity contribution in [2.45, 2.75) is 77.4 Å². The predicted molar refractivity (Wildman–Crippen MR) is 129 cm³/mol. The average Bonchev–Trinajstić information content (AvgIpc) is 2.75. The summed E-state index contributed by atoms with van der Waals surface area (Å²) in [5.41, 5.74) is 2.42. The molecule has 2 rings (SSSR count). The van der Waals surface area contributed by atoms with Crippen LogP contribution in [0.2, 0.25) is 0 Å². The van der Waals surface area contributed by atoms with Crippen molar-refractivity contribution >= 4 is 0 Å². The van der Waals surface area contributed by atoms with Gasteiger partial charge in [0.25, 0.3) is 0 Å². The third-order valence-corrected chi connectivity index (χ3v) is 6.20. The van der Waals surface area contributed by atoms with Gasteiger partial charge in [0.15, 0.2) is 0 Å². The molecule has 0 bridgehead atoms. The SMILES string of the molecule is CCCCCCCCCC[C@H](C[N+](C)(C)Cc1ccccc1)[C@H](O)c1ccccc1. The second kappa shape index (κ2) is 13.6. The van der Waals surface area contributed by atoms with Crippen LogP contribution in [0.25, 0.3) is 0 Å². The number of rotatable bonds is 15. The lowest BCUT2D eigenvalue weighted by Crippen LogP contribution is -2.44. The summed E-state index contributed by atoms with van der Waals surface area (Å²) in [6, 6.07) is 21.0. The summed E-state index contributed by atoms with van der Waals surface area (Å²) in [4.78, 5) is 0. The van der Waals surface area contributed by atoms with Gasteiger partial charge in [0, 0.05) is 11.5 Å². The highest BCUT2D eigenvalue weighted by molar-refractivity contribution is 5.18. The Hall–Kier alpha value is -1.64. The molecule has 2 aromatic rings. The van der Waals surface area contributed by atoms with Gasteiger partial charge >= 0.3 is 0 Å². The van der Waals surface area contributed by atoms with Crippen molar-refractivity contribution in [3.63, 3.8) is 0 Å². The molecule has 2 nitrogen and oxygen atoms in total. The fourth-order valence-corrected chi connectivity index (χ4v) is 4.59. The fourth-order valence-electron chi connectivity index (χ4n) is 4.59. The lowest BCUT2D eigenvalue weighted by molar-refractivity contribution is -0.907. The minimum Gasteiger partial charge on any atom is -0.388 e. The Morgan fingerprint density at radius 1 is 0.733 bits per heavy atom. The molecule has 0 aromatic heterocycles. The Labute approximate surface area is 185 Å². The van der Waals surface area contributed by atoms with Crippen LogP contribution in [0.15, 0.2) is 60.7 Å². The molecule has 0 radical (unpaired) electrons. The van der Waals surface area contributed by atoms with Crippen LogP contribution >= 0.6 is 0 Å². The molecule has 0 saturated heterocycles. The van der Waals surface area contributed by atoms with Crippen LogP contribution < -0.4 is 0 Å². The number of hydrogen-bond acceptors (Lipinski definition) is 1. The van der Waals surface area contributed by atoms with Crippen LogP contribution in [-0.4, -0.2) is 30.2 Å². The number of hydrogen-bond donors (Lipinski definition) is 1. The second-order valence-corrected chi connectivity index (χ2v) is 9.64. The summed E-state index contributed by atoms with van der Waals surface area (Å²) in [7, 11) is 4.59. The monoisotopic (exact) mass is 410 g/mol. The third kappa shape index (κ3) is 9.45. The Balaban J connectivity index is 1.92. The van der Waals surface area contributed by atoms with Gasteiger partial charge in [0.2, 0.25) is 0 Å². The summed E-state index contributed by atoms with van der Waals surface area (Å²) in [6.07, 6.45) is 11.4. The van der Waals surface area contributed by atoms with E-state index >= 15 is 0 Å². The highest BCUT2D eigenvalue weighted by Crippen LogP contribution is 2.29. The molecule has 166 valence electrons. The zero-order valence-corrected chi connectivity index (χ0v) is 19.6. The molecule has 0 aliphatic heterocycles. The maximum Gasteiger partial charge on any atom is 0.104 e. The van der Waals surface area contributed by atoms with Crippen LogP contribution in [0.3, 0.4) is 0 Å². The lowest BCUT2D eigenvalue weighted by atomic mass is 9.89. The van der Waals surface area contributed by atoms with Crippen molar-refractivity contribution < 1.29 is 9.59 Å². The number of aliphatic hydroxyl groups excluding tert-OH is 1. The lowest BCUT2D eigenvalue weighted by Gasteiger charge is -2.35. The van der Waals surface area contributed by atoms with Crippen LogP contribution in [0, 0.1) is 5.92 Å². The number of quaternary nitrogens is 1. The van der Waals surface area contributed by atoms with Crippen molar-refractivity contribution in [3.05, 3.63) is 71.8 Å².